The zero-order chi connectivity index (χ0) is 12.6. The van der Waals surface area contributed by atoms with E-state index in [0.29, 0.717) is 0 Å². The van der Waals surface area contributed by atoms with Crippen LogP contribution >= 0.6 is 0 Å². The summed E-state index contributed by atoms with van der Waals surface area (Å²) in [5, 5.41) is 0. The predicted molar refractivity (Wildman–Crippen MR) is 59.3 cm³/mol. The molecule has 0 nitrogen and oxygen atoms in total. The van der Waals surface area contributed by atoms with Crippen LogP contribution in [0.15, 0.2) is 24.3 Å². The van der Waals surface area contributed by atoms with Crippen molar-refractivity contribution in [2.45, 2.75) is 39.8 Å². The molecule has 1 aromatic carbocycles. The Balaban J connectivity index is 2.96. The number of halogens is 3. The van der Waals surface area contributed by atoms with Gasteiger partial charge < -0.3 is 0 Å². The zero-order valence-corrected chi connectivity index (χ0v) is 10.0. The summed E-state index contributed by atoms with van der Waals surface area (Å²) < 4.78 is 37.1. The highest BCUT2D eigenvalue weighted by molar-refractivity contribution is 5.27. The van der Waals surface area contributed by atoms with Gasteiger partial charge in [0.25, 0.3) is 0 Å². The van der Waals surface area contributed by atoms with Crippen LogP contribution < -0.4 is 0 Å². The topological polar surface area (TPSA) is 0 Å². The van der Waals surface area contributed by atoms with E-state index in [2.05, 4.69) is 20.8 Å². The molecular weight excluding hydrogens is 213 g/mol. The van der Waals surface area contributed by atoms with Gasteiger partial charge in [0.1, 0.15) is 0 Å². The first-order valence-electron chi connectivity index (χ1n) is 5.29. The number of hydrogen-bond acceptors (Lipinski definition) is 0. The average Bonchev–Trinajstić information content (AvgIpc) is 2.14. The molecular formula is C13H17F3. The largest absolute Gasteiger partial charge is 0.416 e. The lowest BCUT2D eigenvalue weighted by Crippen LogP contribution is -2.15. The van der Waals surface area contributed by atoms with E-state index >= 15 is 0 Å². The van der Waals surface area contributed by atoms with Crippen molar-refractivity contribution in [1.29, 1.82) is 0 Å². The summed E-state index contributed by atoms with van der Waals surface area (Å²) >= 11 is 0. The van der Waals surface area contributed by atoms with E-state index in [9.17, 15) is 13.2 Å². The van der Waals surface area contributed by atoms with Crippen LogP contribution in [0.4, 0.5) is 13.2 Å². The van der Waals surface area contributed by atoms with E-state index in [1.807, 2.05) is 6.92 Å². The van der Waals surface area contributed by atoms with Crippen molar-refractivity contribution in [3.8, 4) is 0 Å². The first-order chi connectivity index (χ1) is 7.12. The molecule has 90 valence electrons. The Morgan fingerprint density at radius 1 is 0.938 bits per heavy atom. The zero-order valence-electron chi connectivity index (χ0n) is 10.0. The van der Waals surface area contributed by atoms with Gasteiger partial charge >= 0.3 is 6.18 Å². The van der Waals surface area contributed by atoms with Crippen molar-refractivity contribution in [3.05, 3.63) is 35.4 Å². The predicted octanol–water partition coefficient (Wildman–Crippen LogP) is 4.86. The average molecular weight is 230 g/mol. The molecule has 0 fully saturated rings. The summed E-state index contributed by atoms with van der Waals surface area (Å²) in [6.07, 6.45) is -4.25. The standard InChI is InChI=1S/C13H17F3/c1-9(12(2,3)4)10-5-7-11(8-6-10)13(14,15)16/h5-9H,1-4H3/t9-/m1/s1. The van der Waals surface area contributed by atoms with Gasteiger partial charge in [-0.05, 0) is 29.0 Å². The first-order valence-corrected chi connectivity index (χ1v) is 5.29. The van der Waals surface area contributed by atoms with Crippen LogP contribution in [-0.4, -0.2) is 0 Å². The van der Waals surface area contributed by atoms with Crippen molar-refractivity contribution in [3.63, 3.8) is 0 Å². The lowest BCUT2D eigenvalue weighted by molar-refractivity contribution is -0.137. The van der Waals surface area contributed by atoms with Crippen molar-refractivity contribution in [1.82, 2.24) is 0 Å². The van der Waals surface area contributed by atoms with Gasteiger partial charge in [0.15, 0.2) is 0 Å². The monoisotopic (exact) mass is 230 g/mol. The molecule has 1 atom stereocenters. The van der Waals surface area contributed by atoms with Crippen LogP contribution in [0.2, 0.25) is 0 Å². The summed E-state index contributed by atoms with van der Waals surface area (Å²) in [4.78, 5) is 0. The van der Waals surface area contributed by atoms with E-state index in [-0.39, 0.29) is 11.3 Å². The highest BCUT2D eigenvalue weighted by Crippen LogP contribution is 2.36. The molecule has 0 unspecified atom stereocenters. The second-order valence-corrected chi connectivity index (χ2v) is 5.21. The van der Waals surface area contributed by atoms with Crippen LogP contribution in [0.25, 0.3) is 0 Å². The molecule has 0 aliphatic heterocycles. The number of benzene rings is 1. The van der Waals surface area contributed by atoms with Gasteiger partial charge in [-0.2, -0.15) is 13.2 Å². The van der Waals surface area contributed by atoms with E-state index in [4.69, 9.17) is 0 Å². The van der Waals surface area contributed by atoms with Crippen molar-refractivity contribution >= 4 is 0 Å². The minimum atomic E-state index is -4.25. The Morgan fingerprint density at radius 2 is 1.38 bits per heavy atom. The van der Waals surface area contributed by atoms with E-state index in [1.165, 1.54) is 0 Å². The molecule has 1 aromatic rings. The first kappa shape index (κ1) is 13.1. The minimum Gasteiger partial charge on any atom is -0.166 e. The smallest absolute Gasteiger partial charge is 0.166 e. The summed E-state index contributed by atoms with van der Waals surface area (Å²) in [7, 11) is 0. The molecule has 0 aromatic heterocycles. The molecule has 0 aliphatic rings. The second kappa shape index (κ2) is 4.11. The van der Waals surface area contributed by atoms with Crippen molar-refractivity contribution in [2.24, 2.45) is 5.41 Å². The van der Waals surface area contributed by atoms with Gasteiger partial charge in [-0.1, -0.05) is 39.8 Å². The normalized spacial score (nSPS) is 14.9. The number of alkyl halides is 3. The molecule has 0 heterocycles. The van der Waals surface area contributed by atoms with E-state index in [1.54, 1.807) is 12.1 Å². The minimum absolute atomic E-state index is 0.0553. The fourth-order valence-corrected chi connectivity index (χ4v) is 1.46. The summed E-state index contributed by atoms with van der Waals surface area (Å²) in [6.45, 7) is 8.27. The van der Waals surface area contributed by atoms with Crippen molar-refractivity contribution < 1.29 is 13.2 Å². The molecule has 0 aliphatic carbocycles. The highest BCUT2D eigenvalue weighted by atomic mass is 19.4. The summed E-state index contributed by atoms with van der Waals surface area (Å²) in [5.41, 5.74) is 0.414. The molecule has 0 spiro atoms. The Kier molecular flexibility index (Phi) is 3.36. The molecule has 0 amide bonds. The molecule has 0 radical (unpaired) electrons. The molecule has 0 saturated heterocycles. The van der Waals surface area contributed by atoms with E-state index in [0.717, 1.165) is 17.7 Å². The summed E-state index contributed by atoms with van der Waals surface area (Å²) in [6, 6.07) is 5.44. The number of hydrogen-bond donors (Lipinski definition) is 0. The van der Waals surface area contributed by atoms with Gasteiger partial charge in [-0.3, -0.25) is 0 Å². The van der Waals surface area contributed by atoms with Crippen LogP contribution in [0.1, 0.15) is 44.7 Å². The molecule has 16 heavy (non-hydrogen) atoms. The number of rotatable bonds is 1. The highest BCUT2D eigenvalue weighted by Gasteiger charge is 2.30. The lowest BCUT2D eigenvalue weighted by Gasteiger charge is -2.27. The third-order valence-corrected chi connectivity index (χ3v) is 3.04. The Hall–Kier alpha value is -0.990. The molecule has 0 N–H and O–H groups in total. The third-order valence-electron chi connectivity index (χ3n) is 3.04. The maximum atomic E-state index is 12.4. The molecule has 0 saturated carbocycles. The van der Waals surface area contributed by atoms with Gasteiger partial charge in [0, 0.05) is 0 Å². The summed E-state index contributed by atoms with van der Waals surface area (Å²) in [5.74, 6) is 0.231. The van der Waals surface area contributed by atoms with Crippen molar-refractivity contribution in [2.75, 3.05) is 0 Å². The van der Waals surface area contributed by atoms with Gasteiger partial charge in [0.05, 0.1) is 5.56 Å². The SMILES string of the molecule is C[C@H](c1ccc(C(F)(F)F)cc1)C(C)(C)C. The second-order valence-electron chi connectivity index (χ2n) is 5.21. The quantitative estimate of drug-likeness (QED) is 0.646. The Morgan fingerprint density at radius 3 is 1.69 bits per heavy atom. The Labute approximate surface area is 94.5 Å². The van der Waals surface area contributed by atoms with Gasteiger partial charge in [-0.25, -0.2) is 0 Å². The maximum Gasteiger partial charge on any atom is 0.416 e. The molecule has 3 heteroatoms. The molecule has 1 rings (SSSR count). The Bertz CT molecular complexity index is 341. The fraction of sp³-hybridized carbons (Fsp3) is 0.538. The third kappa shape index (κ3) is 3.00. The fourth-order valence-electron chi connectivity index (χ4n) is 1.46. The maximum absolute atomic E-state index is 12.4. The van der Waals surface area contributed by atoms with Gasteiger partial charge in [0.2, 0.25) is 0 Å². The van der Waals surface area contributed by atoms with Crippen LogP contribution in [0.3, 0.4) is 0 Å². The molecule has 0 bridgehead atoms. The lowest BCUT2D eigenvalue weighted by atomic mass is 9.78. The van der Waals surface area contributed by atoms with Crippen LogP contribution in [0, 0.1) is 5.41 Å². The van der Waals surface area contributed by atoms with Crippen LogP contribution in [-0.2, 0) is 6.18 Å². The van der Waals surface area contributed by atoms with E-state index < -0.39 is 11.7 Å². The van der Waals surface area contributed by atoms with Gasteiger partial charge in [-0.15, -0.1) is 0 Å². The van der Waals surface area contributed by atoms with Crippen LogP contribution in [0.5, 0.6) is 0 Å².